The van der Waals surface area contributed by atoms with Crippen LogP contribution in [0.4, 0.5) is 5.69 Å². The average Bonchev–Trinajstić information content (AvgIpc) is 2.54. The van der Waals surface area contributed by atoms with Crippen LogP contribution in [0.25, 0.3) is 11.0 Å². The first-order valence-corrected chi connectivity index (χ1v) is 7.33. The maximum Gasteiger partial charge on any atom is 0.328 e. The molecule has 1 N–H and O–H groups in total. The van der Waals surface area contributed by atoms with Crippen LogP contribution in [0, 0.1) is 0 Å². The molecule has 0 spiro atoms. The van der Waals surface area contributed by atoms with Crippen LogP contribution >= 0.6 is 11.8 Å². The number of hydrogen-bond donors (Lipinski definition) is 1. The number of thioether (sulfide) groups is 1. The van der Waals surface area contributed by atoms with Gasteiger partial charge in [0.25, 0.3) is 0 Å². The predicted octanol–water partition coefficient (Wildman–Crippen LogP) is 2.34. The number of amides is 1. The van der Waals surface area contributed by atoms with E-state index in [-0.39, 0.29) is 11.6 Å². The minimum Gasteiger partial charge on any atom is -0.325 e. The maximum absolute atomic E-state index is 12.0. The first-order valence-electron chi connectivity index (χ1n) is 6.45. The van der Waals surface area contributed by atoms with E-state index in [0.717, 1.165) is 21.6 Å². The van der Waals surface area contributed by atoms with E-state index in [0.29, 0.717) is 5.25 Å². The molecule has 6 heteroatoms. The second kappa shape index (κ2) is 5.36. The molecule has 0 atom stereocenters. The molecular weight excluding hydrogens is 274 g/mol. The molecule has 20 heavy (non-hydrogen) atoms. The normalized spacial score (nSPS) is 11.3. The van der Waals surface area contributed by atoms with Gasteiger partial charge in [-0.25, -0.2) is 4.79 Å². The number of imidazole rings is 1. The number of rotatable bonds is 3. The third-order valence-electron chi connectivity index (χ3n) is 3.05. The molecular formula is C14H19N3O2S. The Bertz CT molecular complexity index is 728. The van der Waals surface area contributed by atoms with Gasteiger partial charge >= 0.3 is 5.69 Å². The molecule has 0 aliphatic rings. The Morgan fingerprint density at radius 3 is 2.25 bits per heavy atom. The van der Waals surface area contributed by atoms with Crippen molar-refractivity contribution in [3.8, 4) is 0 Å². The van der Waals surface area contributed by atoms with Gasteiger partial charge in [0.1, 0.15) is 0 Å². The summed E-state index contributed by atoms with van der Waals surface area (Å²) in [5.74, 6) is -0.115. The molecule has 1 aromatic carbocycles. The van der Waals surface area contributed by atoms with E-state index >= 15 is 0 Å². The van der Waals surface area contributed by atoms with Crippen LogP contribution in [0.15, 0.2) is 21.8 Å². The minimum absolute atomic E-state index is 0.0690. The van der Waals surface area contributed by atoms with Gasteiger partial charge in [-0.15, -0.1) is 11.8 Å². The molecule has 0 aliphatic carbocycles. The zero-order chi connectivity index (χ0) is 15.0. The van der Waals surface area contributed by atoms with Crippen LogP contribution in [0.2, 0.25) is 0 Å². The number of carbonyl (C=O) groups is 1. The summed E-state index contributed by atoms with van der Waals surface area (Å²) >= 11 is 1.67. The zero-order valence-electron chi connectivity index (χ0n) is 12.4. The average molecular weight is 293 g/mol. The molecule has 0 bridgehead atoms. The Balaban J connectivity index is 2.71. The van der Waals surface area contributed by atoms with Crippen LogP contribution < -0.4 is 11.0 Å². The van der Waals surface area contributed by atoms with E-state index in [2.05, 4.69) is 19.2 Å². The van der Waals surface area contributed by atoms with E-state index in [1.54, 1.807) is 35.0 Å². The van der Waals surface area contributed by atoms with Crippen molar-refractivity contribution in [3.63, 3.8) is 0 Å². The third-order valence-corrected chi connectivity index (χ3v) is 4.11. The SMILES string of the molecule is CC(=O)Nc1cc2c(cc1SC(C)C)n(C)c(=O)n2C. The summed E-state index contributed by atoms with van der Waals surface area (Å²) in [4.78, 5) is 24.3. The summed E-state index contributed by atoms with van der Waals surface area (Å²) in [5, 5.41) is 3.23. The number of carbonyl (C=O) groups excluding carboxylic acids is 1. The Morgan fingerprint density at radius 2 is 1.75 bits per heavy atom. The van der Waals surface area contributed by atoms with E-state index in [1.807, 2.05) is 12.1 Å². The first kappa shape index (κ1) is 14.7. The molecule has 0 saturated carbocycles. The first-order chi connectivity index (χ1) is 9.31. The lowest BCUT2D eigenvalue weighted by Crippen LogP contribution is -2.19. The molecule has 0 fully saturated rings. The second-order valence-corrected chi connectivity index (χ2v) is 6.70. The smallest absolute Gasteiger partial charge is 0.325 e. The van der Waals surface area contributed by atoms with Gasteiger partial charge in [0.15, 0.2) is 0 Å². The summed E-state index contributed by atoms with van der Waals surface area (Å²) in [7, 11) is 3.49. The fourth-order valence-electron chi connectivity index (χ4n) is 2.16. The highest BCUT2D eigenvalue weighted by Gasteiger charge is 2.14. The Morgan fingerprint density at radius 1 is 1.20 bits per heavy atom. The fraction of sp³-hybridized carbons (Fsp3) is 0.429. The molecule has 0 radical (unpaired) electrons. The van der Waals surface area contributed by atoms with Crippen molar-refractivity contribution in [1.82, 2.24) is 9.13 Å². The van der Waals surface area contributed by atoms with Crippen LogP contribution in [0.5, 0.6) is 0 Å². The van der Waals surface area contributed by atoms with Gasteiger partial charge in [-0.1, -0.05) is 13.8 Å². The second-order valence-electron chi connectivity index (χ2n) is 5.09. The largest absolute Gasteiger partial charge is 0.328 e. The highest BCUT2D eigenvalue weighted by Crippen LogP contribution is 2.33. The van der Waals surface area contributed by atoms with E-state index < -0.39 is 0 Å². The molecule has 1 aromatic heterocycles. The summed E-state index contributed by atoms with van der Waals surface area (Å²) < 4.78 is 3.21. The van der Waals surface area contributed by atoms with Crippen molar-refractivity contribution in [2.45, 2.75) is 30.9 Å². The van der Waals surface area contributed by atoms with Crippen molar-refractivity contribution >= 4 is 34.4 Å². The number of fused-ring (bicyclic) bond motifs is 1. The molecule has 1 amide bonds. The summed E-state index contributed by atoms with van der Waals surface area (Å²) in [6.45, 7) is 5.67. The molecule has 2 aromatic rings. The van der Waals surface area contributed by atoms with Gasteiger partial charge in [0.2, 0.25) is 5.91 Å². The van der Waals surface area contributed by atoms with Gasteiger partial charge in [-0.05, 0) is 12.1 Å². The van der Waals surface area contributed by atoms with Crippen molar-refractivity contribution < 1.29 is 4.79 Å². The number of nitrogens with one attached hydrogen (secondary N) is 1. The van der Waals surface area contributed by atoms with Crippen molar-refractivity contribution in [2.75, 3.05) is 5.32 Å². The number of nitrogens with zero attached hydrogens (tertiary/aromatic N) is 2. The molecule has 0 saturated heterocycles. The topological polar surface area (TPSA) is 56.0 Å². The van der Waals surface area contributed by atoms with Gasteiger partial charge < -0.3 is 5.32 Å². The fourth-order valence-corrected chi connectivity index (χ4v) is 3.09. The summed E-state index contributed by atoms with van der Waals surface area (Å²) in [6, 6.07) is 3.83. The van der Waals surface area contributed by atoms with E-state index in [1.165, 1.54) is 6.92 Å². The van der Waals surface area contributed by atoms with Crippen molar-refractivity contribution in [3.05, 3.63) is 22.6 Å². The lowest BCUT2D eigenvalue weighted by Gasteiger charge is -2.12. The standard InChI is InChI=1S/C14H19N3O2S/c1-8(2)20-13-7-12-11(6-10(13)15-9(3)18)16(4)14(19)17(12)5/h6-8H,1-5H3,(H,15,18). The lowest BCUT2D eigenvalue weighted by molar-refractivity contribution is -0.114. The zero-order valence-corrected chi connectivity index (χ0v) is 13.2. The molecule has 1 heterocycles. The number of benzene rings is 1. The van der Waals surface area contributed by atoms with E-state index in [4.69, 9.17) is 0 Å². The maximum atomic E-state index is 12.0. The van der Waals surface area contributed by atoms with E-state index in [9.17, 15) is 9.59 Å². The predicted molar refractivity (Wildman–Crippen MR) is 83.5 cm³/mol. The molecule has 0 unspecified atom stereocenters. The van der Waals surface area contributed by atoms with Crippen molar-refractivity contribution in [1.29, 1.82) is 0 Å². The minimum atomic E-state index is -0.115. The number of hydrogen-bond acceptors (Lipinski definition) is 3. The summed E-state index contributed by atoms with van der Waals surface area (Å²) in [6.07, 6.45) is 0. The van der Waals surface area contributed by atoms with Gasteiger partial charge in [-0.2, -0.15) is 0 Å². The highest BCUT2D eigenvalue weighted by molar-refractivity contribution is 8.00. The highest BCUT2D eigenvalue weighted by atomic mass is 32.2. The van der Waals surface area contributed by atoms with Gasteiger partial charge in [-0.3, -0.25) is 13.9 Å². The monoisotopic (exact) mass is 293 g/mol. The van der Waals surface area contributed by atoms with Crippen molar-refractivity contribution in [2.24, 2.45) is 14.1 Å². The number of aromatic nitrogens is 2. The molecule has 0 aliphatic heterocycles. The molecule has 5 nitrogen and oxygen atoms in total. The van der Waals surface area contributed by atoms with Crippen LogP contribution in [-0.4, -0.2) is 20.3 Å². The Kier molecular flexibility index (Phi) is 3.94. The molecule has 2 rings (SSSR count). The molecule has 108 valence electrons. The van der Waals surface area contributed by atoms with Crippen LogP contribution in [0.1, 0.15) is 20.8 Å². The quantitative estimate of drug-likeness (QED) is 0.884. The Hall–Kier alpha value is -1.69. The Labute approximate surface area is 122 Å². The number of aryl methyl sites for hydroxylation is 2. The van der Waals surface area contributed by atoms with Crippen LogP contribution in [-0.2, 0) is 18.9 Å². The third kappa shape index (κ3) is 2.60. The summed E-state index contributed by atoms with van der Waals surface area (Å²) in [5.41, 5.74) is 2.37. The lowest BCUT2D eigenvalue weighted by atomic mass is 10.2. The van der Waals surface area contributed by atoms with Gasteiger partial charge in [0.05, 0.1) is 16.7 Å². The van der Waals surface area contributed by atoms with Crippen LogP contribution in [0.3, 0.4) is 0 Å². The number of anilines is 1. The van der Waals surface area contributed by atoms with Gasteiger partial charge in [0, 0.05) is 31.2 Å².